The first kappa shape index (κ1) is 21.4. The SMILES string of the molecule is CCOC(=O)CNc1ccc(C2CCC(NC(C)c3cccc4ccccc34)C2)cc1. The Balaban J connectivity index is 1.33. The highest BCUT2D eigenvalue weighted by atomic mass is 16.5. The maximum absolute atomic E-state index is 11.5. The van der Waals surface area contributed by atoms with Crippen molar-refractivity contribution < 1.29 is 9.53 Å². The Labute approximate surface area is 185 Å². The van der Waals surface area contributed by atoms with Crippen molar-refractivity contribution in [1.29, 1.82) is 0 Å². The molecule has 4 heteroatoms. The van der Waals surface area contributed by atoms with Crippen LogP contribution in [0, 0.1) is 0 Å². The normalized spacial score (nSPS) is 19.3. The molecular weight excluding hydrogens is 384 g/mol. The van der Waals surface area contributed by atoms with E-state index in [1.807, 2.05) is 6.92 Å². The molecule has 0 spiro atoms. The lowest BCUT2D eigenvalue weighted by atomic mass is 9.96. The summed E-state index contributed by atoms with van der Waals surface area (Å²) in [4.78, 5) is 11.5. The number of rotatable bonds is 8. The first-order valence-electron chi connectivity index (χ1n) is 11.4. The van der Waals surface area contributed by atoms with E-state index in [1.54, 1.807) is 0 Å². The zero-order chi connectivity index (χ0) is 21.6. The van der Waals surface area contributed by atoms with Crippen LogP contribution in [0.1, 0.15) is 56.2 Å². The average molecular weight is 417 g/mol. The van der Waals surface area contributed by atoms with E-state index >= 15 is 0 Å². The largest absolute Gasteiger partial charge is 0.465 e. The molecule has 0 heterocycles. The van der Waals surface area contributed by atoms with Gasteiger partial charge in [-0.2, -0.15) is 0 Å². The molecule has 3 unspecified atom stereocenters. The minimum atomic E-state index is -0.225. The Hall–Kier alpha value is -2.85. The van der Waals surface area contributed by atoms with E-state index in [0.717, 1.165) is 12.1 Å². The molecule has 1 aliphatic carbocycles. The molecule has 0 bridgehead atoms. The van der Waals surface area contributed by atoms with Gasteiger partial charge in [0.2, 0.25) is 0 Å². The molecule has 3 atom stereocenters. The van der Waals surface area contributed by atoms with Crippen molar-refractivity contribution >= 4 is 22.4 Å². The molecule has 1 fully saturated rings. The molecule has 1 aliphatic rings. The number of hydrogen-bond donors (Lipinski definition) is 2. The summed E-state index contributed by atoms with van der Waals surface area (Å²) in [6.07, 6.45) is 3.56. The molecule has 0 aromatic heterocycles. The summed E-state index contributed by atoms with van der Waals surface area (Å²) in [5.74, 6) is 0.355. The second-order valence-corrected chi connectivity index (χ2v) is 8.44. The maximum atomic E-state index is 11.5. The second kappa shape index (κ2) is 9.97. The summed E-state index contributed by atoms with van der Waals surface area (Å²) in [6, 6.07) is 24.6. The van der Waals surface area contributed by atoms with Crippen LogP contribution in [0.4, 0.5) is 5.69 Å². The lowest BCUT2D eigenvalue weighted by Gasteiger charge is -2.21. The van der Waals surface area contributed by atoms with E-state index in [0.29, 0.717) is 24.6 Å². The third-order valence-corrected chi connectivity index (χ3v) is 6.33. The Kier molecular flexibility index (Phi) is 6.88. The van der Waals surface area contributed by atoms with Crippen molar-refractivity contribution in [2.24, 2.45) is 0 Å². The molecule has 0 saturated heterocycles. The molecule has 4 rings (SSSR count). The smallest absolute Gasteiger partial charge is 0.325 e. The standard InChI is InChI=1S/C27H32N2O2/c1-3-31-27(30)18-28-23-14-11-20(12-15-23)22-13-16-24(17-22)29-19(2)25-10-6-8-21-7-4-5-9-26(21)25/h4-12,14-15,19,22,24,28-29H,3,13,16-18H2,1-2H3. The van der Waals surface area contributed by atoms with Crippen molar-refractivity contribution in [1.82, 2.24) is 5.32 Å². The van der Waals surface area contributed by atoms with E-state index < -0.39 is 0 Å². The Morgan fingerprint density at radius 3 is 2.61 bits per heavy atom. The number of ether oxygens (including phenoxy) is 1. The van der Waals surface area contributed by atoms with E-state index in [4.69, 9.17) is 4.74 Å². The molecule has 1 saturated carbocycles. The zero-order valence-electron chi connectivity index (χ0n) is 18.4. The Morgan fingerprint density at radius 1 is 1.03 bits per heavy atom. The van der Waals surface area contributed by atoms with Gasteiger partial charge < -0.3 is 15.4 Å². The number of benzene rings is 3. The molecular formula is C27H32N2O2. The highest BCUT2D eigenvalue weighted by Crippen LogP contribution is 2.36. The van der Waals surface area contributed by atoms with Gasteiger partial charge >= 0.3 is 5.97 Å². The number of fused-ring (bicyclic) bond motifs is 1. The number of esters is 1. The third kappa shape index (κ3) is 5.26. The van der Waals surface area contributed by atoms with Crippen LogP contribution in [0.25, 0.3) is 10.8 Å². The van der Waals surface area contributed by atoms with Gasteiger partial charge in [-0.3, -0.25) is 4.79 Å². The molecule has 4 nitrogen and oxygen atoms in total. The summed E-state index contributed by atoms with van der Waals surface area (Å²) in [5, 5.41) is 9.65. The minimum Gasteiger partial charge on any atom is -0.465 e. The van der Waals surface area contributed by atoms with Crippen LogP contribution < -0.4 is 10.6 Å². The number of carbonyl (C=O) groups excluding carboxylic acids is 1. The van der Waals surface area contributed by atoms with E-state index in [2.05, 4.69) is 84.3 Å². The number of carbonyl (C=O) groups is 1. The van der Waals surface area contributed by atoms with Crippen LogP contribution in [0.2, 0.25) is 0 Å². The molecule has 3 aromatic carbocycles. The number of hydrogen-bond acceptors (Lipinski definition) is 4. The molecule has 3 aromatic rings. The summed E-state index contributed by atoms with van der Waals surface area (Å²) in [7, 11) is 0. The molecule has 0 radical (unpaired) electrons. The summed E-state index contributed by atoms with van der Waals surface area (Å²) < 4.78 is 4.96. The van der Waals surface area contributed by atoms with Crippen LogP contribution in [0.3, 0.4) is 0 Å². The molecule has 2 N–H and O–H groups in total. The predicted octanol–water partition coefficient (Wildman–Crippen LogP) is 5.80. The lowest BCUT2D eigenvalue weighted by Crippen LogP contribution is -2.29. The first-order chi connectivity index (χ1) is 15.1. The second-order valence-electron chi connectivity index (χ2n) is 8.44. The van der Waals surface area contributed by atoms with Crippen molar-refractivity contribution in [3.63, 3.8) is 0 Å². The first-order valence-corrected chi connectivity index (χ1v) is 11.4. The van der Waals surface area contributed by atoms with E-state index in [9.17, 15) is 4.79 Å². The fourth-order valence-electron chi connectivity index (χ4n) is 4.77. The van der Waals surface area contributed by atoms with Crippen molar-refractivity contribution in [3.05, 3.63) is 77.9 Å². The van der Waals surface area contributed by atoms with Gasteiger partial charge in [0.15, 0.2) is 0 Å². The van der Waals surface area contributed by atoms with Crippen LogP contribution >= 0.6 is 0 Å². The summed E-state index contributed by atoms with van der Waals surface area (Å²) in [5.41, 5.74) is 3.71. The topological polar surface area (TPSA) is 50.4 Å². The molecule has 162 valence electrons. The van der Waals surface area contributed by atoms with E-state index in [1.165, 1.54) is 34.7 Å². The Bertz CT molecular complexity index is 1010. The van der Waals surface area contributed by atoms with Gasteiger partial charge in [-0.15, -0.1) is 0 Å². The van der Waals surface area contributed by atoms with Crippen LogP contribution in [0.15, 0.2) is 66.7 Å². The van der Waals surface area contributed by atoms with Gasteiger partial charge in [0.05, 0.1) is 6.61 Å². The fraction of sp³-hybridized carbons (Fsp3) is 0.370. The van der Waals surface area contributed by atoms with Crippen molar-refractivity contribution in [2.75, 3.05) is 18.5 Å². The predicted molar refractivity (Wildman–Crippen MR) is 127 cm³/mol. The number of anilines is 1. The quantitative estimate of drug-likeness (QED) is 0.456. The summed E-state index contributed by atoms with van der Waals surface area (Å²) in [6.45, 7) is 4.71. The van der Waals surface area contributed by atoms with Gasteiger partial charge in [0.25, 0.3) is 0 Å². The fourth-order valence-corrected chi connectivity index (χ4v) is 4.77. The molecule has 0 aliphatic heterocycles. The minimum absolute atomic E-state index is 0.203. The van der Waals surface area contributed by atoms with Crippen molar-refractivity contribution in [3.8, 4) is 0 Å². The van der Waals surface area contributed by atoms with Crippen LogP contribution in [0.5, 0.6) is 0 Å². The molecule has 31 heavy (non-hydrogen) atoms. The van der Waals surface area contributed by atoms with Crippen LogP contribution in [-0.2, 0) is 9.53 Å². The monoisotopic (exact) mass is 416 g/mol. The van der Waals surface area contributed by atoms with Crippen LogP contribution in [-0.4, -0.2) is 25.2 Å². The van der Waals surface area contributed by atoms with Crippen molar-refractivity contribution in [2.45, 2.75) is 51.1 Å². The van der Waals surface area contributed by atoms with Gasteiger partial charge in [0.1, 0.15) is 6.54 Å². The maximum Gasteiger partial charge on any atom is 0.325 e. The summed E-state index contributed by atoms with van der Waals surface area (Å²) >= 11 is 0. The average Bonchev–Trinajstić information content (AvgIpc) is 3.26. The zero-order valence-corrected chi connectivity index (χ0v) is 18.4. The highest BCUT2D eigenvalue weighted by molar-refractivity contribution is 5.86. The third-order valence-electron chi connectivity index (χ3n) is 6.33. The van der Waals surface area contributed by atoms with Gasteiger partial charge in [0, 0.05) is 17.8 Å². The van der Waals surface area contributed by atoms with E-state index in [-0.39, 0.29) is 12.5 Å². The van der Waals surface area contributed by atoms with Gasteiger partial charge in [-0.1, -0.05) is 54.6 Å². The number of nitrogens with one attached hydrogen (secondary N) is 2. The molecule has 0 amide bonds. The lowest BCUT2D eigenvalue weighted by molar-refractivity contribution is -0.140. The van der Waals surface area contributed by atoms with Gasteiger partial charge in [-0.25, -0.2) is 0 Å². The Morgan fingerprint density at radius 2 is 1.81 bits per heavy atom. The highest BCUT2D eigenvalue weighted by Gasteiger charge is 2.27. The van der Waals surface area contributed by atoms with Gasteiger partial charge in [-0.05, 0) is 73.1 Å².